The first-order valence-electron chi connectivity index (χ1n) is 8.95. The molecule has 1 rings (SSSR count). The van der Waals surface area contributed by atoms with E-state index in [2.05, 4.69) is 10.6 Å². The molecule has 0 aromatic rings. The lowest BCUT2D eigenvalue weighted by molar-refractivity contribution is -0.143. The molecule has 0 aliphatic carbocycles. The Morgan fingerprint density at radius 1 is 1.10 bits per heavy atom. The third kappa shape index (κ3) is 7.73. The van der Waals surface area contributed by atoms with E-state index in [1.165, 1.54) is 4.90 Å². The van der Waals surface area contributed by atoms with E-state index >= 15 is 0 Å². The summed E-state index contributed by atoms with van der Waals surface area (Å²) in [7, 11) is 0. The first-order chi connectivity index (χ1) is 13.5. The normalized spacial score (nSPS) is 17.8. The lowest BCUT2D eigenvalue weighted by Crippen LogP contribution is -2.56. The summed E-state index contributed by atoms with van der Waals surface area (Å²) in [5.41, 5.74) is 15.8. The second-order valence-electron chi connectivity index (χ2n) is 6.64. The number of carbonyl (C=O) groups is 6. The maximum absolute atomic E-state index is 12.9. The van der Waals surface area contributed by atoms with Gasteiger partial charge < -0.3 is 37.8 Å². The van der Waals surface area contributed by atoms with Crippen LogP contribution >= 0.6 is 0 Å². The third-order valence-corrected chi connectivity index (χ3v) is 4.31. The molecule has 0 aromatic carbocycles. The van der Waals surface area contributed by atoms with Gasteiger partial charge >= 0.3 is 5.97 Å². The lowest BCUT2D eigenvalue weighted by Gasteiger charge is -2.28. The van der Waals surface area contributed by atoms with Crippen LogP contribution in [0.15, 0.2) is 0 Å². The van der Waals surface area contributed by atoms with Gasteiger partial charge in [0.1, 0.15) is 18.6 Å². The Kier molecular flexibility index (Phi) is 8.99. The van der Waals surface area contributed by atoms with E-state index in [-0.39, 0.29) is 19.4 Å². The van der Waals surface area contributed by atoms with Gasteiger partial charge in [-0.2, -0.15) is 0 Å². The van der Waals surface area contributed by atoms with Gasteiger partial charge in [-0.3, -0.25) is 28.8 Å². The van der Waals surface area contributed by atoms with Crippen molar-refractivity contribution in [1.29, 1.82) is 0 Å². The van der Waals surface area contributed by atoms with Crippen LogP contribution in [-0.2, 0) is 28.8 Å². The van der Waals surface area contributed by atoms with Gasteiger partial charge in [0, 0.05) is 13.0 Å². The molecule has 1 fully saturated rings. The number of primary amides is 2. The number of nitrogens with one attached hydrogen (secondary N) is 2. The molecule has 1 aliphatic rings. The van der Waals surface area contributed by atoms with Crippen LogP contribution in [0.2, 0.25) is 0 Å². The fourth-order valence-electron chi connectivity index (χ4n) is 2.89. The van der Waals surface area contributed by atoms with Crippen molar-refractivity contribution < 1.29 is 33.9 Å². The molecule has 0 aromatic heterocycles. The zero-order valence-corrected chi connectivity index (χ0v) is 15.8. The summed E-state index contributed by atoms with van der Waals surface area (Å²) in [5.74, 6) is -4.89. The van der Waals surface area contributed by atoms with Gasteiger partial charge in [-0.05, 0) is 19.3 Å². The number of hydrogen-bond donors (Lipinski definition) is 6. The second kappa shape index (κ2) is 10.9. The Morgan fingerprint density at radius 2 is 1.76 bits per heavy atom. The van der Waals surface area contributed by atoms with Gasteiger partial charge in [-0.1, -0.05) is 0 Å². The SMILES string of the molecule is NC(=O)CCC(N)C(=O)NC(CC(N)=O)C(=O)N1CCCC1C(=O)NCC(=O)O. The monoisotopic (exact) mass is 414 g/mol. The Balaban J connectivity index is 2.84. The van der Waals surface area contributed by atoms with Crippen LogP contribution < -0.4 is 27.8 Å². The minimum Gasteiger partial charge on any atom is -0.480 e. The number of aliphatic carboxylic acids is 1. The van der Waals surface area contributed by atoms with Crippen molar-refractivity contribution in [2.45, 2.75) is 50.2 Å². The van der Waals surface area contributed by atoms with E-state index in [0.29, 0.717) is 12.8 Å². The molecule has 13 heteroatoms. The second-order valence-corrected chi connectivity index (χ2v) is 6.64. The van der Waals surface area contributed by atoms with Crippen LogP contribution in [0.1, 0.15) is 32.1 Å². The van der Waals surface area contributed by atoms with E-state index in [4.69, 9.17) is 22.3 Å². The number of carboxylic acids is 1. The van der Waals surface area contributed by atoms with Crippen LogP contribution in [0.25, 0.3) is 0 Å². The first-order valence-corrected chi connectivity index (χ1v) is 8.95. The quantitative estimate of drug-likeness (QED) is 0.195. The summed E-state index contributed by atoms with van der Waals surface area (Å²) in [5, 5.41) is 13.2. The van der Waals surface area contributed by atoms with Gasteiger partial charge in [0.25, 0.3) is 0 Å². The van der Waals surface area contributed by atoms with Crippen LogP contribution in [0.5, 0.6) is 0 Å². The molecule has 1 heterocycles. The molecule has 3 unspecified atom stereocenters. The van der Waals surface area contributed by atoms with E-state index in [1.807, 2.05) is 0 Å². The predicted octanol–water partition coefficient (Wildman–Crippen LogP) is -3.87. The van der Waals surface area contributed by atoms with Gasteiger partial charge in [-0.15, -0.1) is 0 Å². The zero-order valence-electron chi connectivity index (χ0n) is 15.8. The highest BCUT2D eigenvalue weighted by Crippen LogP contribution is 2.19. The zero-order chi connectivity index (χ0) is 22.1. The maximum atomic E-state index is 12.9. The third-order valence-electron chi connectivity index (χ3n) is 4.31. The van der Waals surface area contributed by atoms with Crippen LogP contribution in [0.4, 0.5) is 0 Å². The van der Waals surface area contributed by atoms with Crippen LogP contribution in [0.3, 0.4) is 0 Å². The van der Waals surface area contributed by atoms with Crippen molar-refractivity contribution in [1.82, 2.24) is 15.5 Å². The summed E-state index contributed by atoms with van der Waals surface area (Å²) in [6.07, 6.45) is 0.0649. The van der Waals surface area contributed by atoms with Crippen LogP contribution in [0, 0.1) is 0 Å². The van der Waals surface area contributed by atoms with Gasteiger partial charge in [0.2, 0.25) is 29.5 Å². The fraction of sp³-hybridized carbons (Fsp3) is 0.625. The van der Waals surface area contributed by atoms with Crippen molar-refractivity contribution in [3.05, 3.63) is 0 Å². The Morgan fingerprint density at radius 3 is 2.31 bits per heavy atom. The Hall–Kier alpha value is -3.22. The first kappa shape index (κ1) is 23.8. The molecule has 162 valence electrons. The summed E-state index contributed by atoms with van der Waals surface area (Å²) in [4.78, 5) is 71.2. The molecular formula is C16H26N6O7. The largest absolute Gasteiger partial charge is 0.480 e. The number of likely N-dealkylation sites (tertiary alicyclic amines) is 1. The highest BCUT2D eigenvalue weighted by atomic mass is 16.4. The summed E-state index contributed by atoms with van der Waals surface area (Å²) in [6, 6.07) is -3.43. The van der Waals surface area contributed by atoms with E-state index in [1.54, 1.807) is 0 Å². The molecule has 0 spiro atoms. The molecule has 0 bridgehead atoms. The van der Waals surface area contributed by atoms with Crippen molar-refractivity contribution in [2.75, 3.05) is 13.1 Å². The Labute approximate surface area is 166 Å². The molecule has 1 saturated heterocycles. The fourth-order valence-corrected chi connectivity index (χ4v) is 2.89. The van der Waals surface area contributed by atoms with Gasteiger partial charge in [-0.25, -0.2) is 0 Å². The number of rotatable bonds is 11. The van der Waals surface area contributed by atoms with Crippen LogP contribution in [-0.4, -0.2) is 76.7 Å². The molecule has 9 N–H and O–H groups in total. The minimum atomic E-state index is -1.35. The molecule has 1 aliphatic heterocycles. The average Bonchev–Trinajstić information content (AvgIpc) is 3.12. The average molecular weight is 414 g/mol. The van der Waals surface area contributed by atoms with E-state index in [0.717, 1.165) is 0 Å². The highest BCUT2D eigenvalue weighted by molar-refractivity contribution is 5.96. The summed E-state index contributed by atoms with van der Waals surface area (Å²) < 4.78 is 0. The summed E-state index contributed by atoms with van der Waals surface area (Å²) >= 11 is 0. The molecule has 13 nitrogen and oxygen atoms in total. The number of nitrogens with zero attached hydrogens (tertiary/aromatic N) is 1. The molecule has 0 radical (unpaired) electrons. The minimum absolute atomic E-state index is 0.0530. The van der Waals surface area contributed by atoms with Crippen molar-refractivity contribution >= 4 is 35.5 Å². The topological polar surface area (TPSA) is 228 Å². The molecule has 29 heavy (non-hydrogen) atoms. The maximum Gasteiger partial charge on any atom is 0.322 e. The number of carboxylic acid groups (broad SMARTS) is 1. The summed E-state index contributed by atoms with van der Waals surface area (Å²) in [6.45, 7) is -0.420. The van der Waals surface area contributed by atoms with E-state index in [9.17, 15) is 28.8 Å². The number of carbonyl (C=O) groups excluding carboxylic acids is 5. The number of amides is 5. The molecule has 0 saturated carbocycles. The Bertz CT molecular complexity index is 683. The van der Waals surface area contributed by atoms with Gasteiger partial charge in [0.05, 0.1) is 12.5 Å². The van der Waals surface area contributed by atoms with Crippen molar-refractivity contribution in [3.8, 4) is 0 Å². The van der Waals surface area contributed by atoms with Crippen molar-refractivity contribution in [3.63, 3.8) is 0 Å². The standard InChI is InChI=1S/C16H26N6O7/c17-8(3-4-11(18)23)14(27)21-9(6-12(19)24)16(29)22-5-1-2-10(22)15(28)20-7-13(25)26/h8-10H,1-7,17H2,(H2,18,23)(H2,19,24)(H,20,28)(H,21,27)(H,25,26). The lowest BCUT2D eigenvalue weighted by atomic mass is 10.1. The molecule has 5 amide bonds. The highest BCUT2D eigenvalue weighted by Gasteiger charge is 2.38. The van der Waals surface area contributed by atoms with E-state index < -0.39 is 66.6 Å². The number of hydrogen-bond acceptors (Lipinski definition) is 7. The predicted molar refractivity (Wildman–Crippen MR) is 97.5 cm³/mol. The van der Waals surface area contributed by atoms with Gasteiger partial charge in [0.15, 0.2) is 0 Å². The number of nitrogens with two attached hydrogens (primary N) is 3. The smallest absolute Gasteiger partial charge is 0.322 e. The van der Waals surface area contributed by atoms with Crippen molar-refractivity contribution in [2.24, 2.45) is 17.2 Å². The molecular weight excluding hydrogens is 388 g/mol. The molecule has 3 atom stereocenters.